The van der Waals surface area contributed by atoms with Crippen molar-refractivity contribution in [3.63, 3.8) is 0 Å². The molecule has 0 aliphatic rings. The number of rotatable bonds is 9. The molecule has 2 aromatic carbocycles. The smallest absolute Gasteiger partial charge is 0.255 e. The van der Waals surface area contributed by atoms with E-state index in [0.29, 0.717) is 42.4 Å². The van der Waals surface area contributed by atoms with Gasteiger partial charge in [0.2, 0.25) is 10.0 Å². The Bertz CT molecular complexity index is 910. The Morgan fingerprint density at radius 3 is 2.32 bits per heavy atom. The molecule has 0 spiro atoms. The minimum Gasteiger partial charge on any atom is -0.496 e. The first-order valence-electron chi connectivity index (χ1n) is 9.04. The molecule has 0 atom stereocenters. The zero-order chi connectivity index (χ0) is 20.7. The number of hydrogen-bond donors (Lipinski definition) is 1. The molecule has 0 aromatic heterocycles. The molecule has 28 heavy (non-hydrogen) atoms. The largest absolute Gasteiger partial charge is 0.496 e. The molecule has 2 aromatic rings. The maximum atomic E-state index is 12.5. The summed E-state index contributed by atoms with van der Waals surface area (Å²) in [6, 6.07) is 11.6. The van der Waals surface area contributed by atoms with E-state index in [1.54, 1.807) is 42.5 Å². The summed E-state index contributed by atoms with van der Waals surface area (Å²) in [6.07, 6.45) is 0.570. The molecule has 6 nitrogen and oxygen atoms in total. The van der Waals surface area contributed by atoms with Crippen LogP contribution in [0, 0.1) is 0 Å². The van der Waals surface area contributed by atoms with Crippen LogP contribution < -0.4 is 10.1 Å². The maximum absolute atomic E-state index is 12.5. The number of carbonyl (C=O) groups is 1. The quantitative estimate of drug-likeness (QED) is 0.669. The van der Waals surface area contributed by atoms with Crippen LogP contribution in [0.15, 0.2) is 47.4 Å². The van der Waals surface area contributed by atoms with Crippen molar-refractivity contribution in [2.24, 2.45) is 0 Å². The molecule has 0 heterocycles. The molecule has 2 rings (SSSR count). The summed E-state index contributed by atoms with van der Waals surface area (Å²) in [6.45, 7) is 4.88. The number of benzene rings is 2. The molecule has 8 heteroatoms. The fourth-order valence-corrected chi connectivity index (χ4v) is 4.44. The minimum atomic E-state index is -3.46. The van der Waals surface area contributed by atoms with E-state index in [4.69, 9.17) is 16.3 Å². The summed E-state index contributed by atoms with van der Waals surface area (Å²) >= 11 is 5.95. The van der Waals surface area contributed by atoms with Crippen molar-refractivity contribution < 1.29 is 17.9 Å². The predicted molar refractivity (Wildman–Crippen MR) is 111 cm³/mol. The van der Waals surface area contributed by atoms with E-state index >= 15 is 0 Å². The van der Waals surface area contributed by atoms with Crippen LogP contribution in [0.5, 0.6) is 5.75 Å². The highest BCUT2D eigenvalue weighted by Gasteiger charge is 2.21. The van der Waals surface area contributed by atoms with Gasteiger partial charge < -0.3 is 10.1 Å². The van der Waals surface area contributed by atoms with Gasteiger partial charge in [-0.2, -0.15) is 4.31 Å². The summed E-state index contributed by atoms with van der Waals surface area (Å²) in [5.41, 5.74) is 1.30. The summed E-state index contributed by atoms with van der Waals surface area (Å²) in [4.78, 5) is 12.6. The van der Waals surface area contributed by atoms with Crippen LogP contribution in [-0.4, -0.2) is 45.4 Å². The summed E-state index contributed by atoms with van der Waals surface area (Å²) < 4.78 is 31.6. The number of ether oxygens (including phenoxy) is 1. The predicted octanol–water partition coefficient (Wildman–Crippen LogP) is 3.35. The Balaban J connectivity index is 1.99. The highest BCUT2D eigenvalue weighted by atomic mass is 35.5. The lowest BCUT2D eigenvalue weighted by Crippen LogP contribution is -2.30. The second-order valence-corrected chi connectivity index (χ2v) is 8.46. The van der Waals surface area contributed by atoms with Gasteiger partial charge in [-0.15, -0.1) is 0 Å². The number of carbonyl (C=O) groups excluding carboxylic acids is 1. The molecule has 0 saturated heterocycles. The summed E-state index contributed by atoms with van der Waals surface area (Å²) in [5.74, 6) is 0.174. The number of amides is 1. The van der Waals surface area contributed by atoms with E-state index in [0.717, 1.165) is 5.56 Å². The first kappa shape index (κ1) is 22.2. The molecule has 0 radical (unpaired) electrons. The van der Waals surface area contributed by atoms with Gasteiger partial charge in [0.25, 0.3) is 5.91 Å². The van der Waals surface area contributed by atoms with Gasteiger partial charge in [-0.05, 0) is 42.3 Å². The molecule has 0 saturated carbocycles. The second-order valence-electron chi connectivity index (χ2n) is 6.08. The standard InChI is InChI=1S/C20H25ClN2O4S/c1-4-23(5-2)28(25,26)17-9-6-15(7-10-17)12-13-22-20(24)18-14-16(21)8-11-19(18)27-3/h6-11,14H,4-5,12-13H2,1-3H3,(H,22,24). The monoisotopic (exact) mass is 424 g/mol. The van der Waals surface area contributed by atoms with Gasteiger partial charge in [0.15, 0.2) is 0 Å². The molecule has 152 valence electrons. The minimum absolute atomic E-state index is 0.271. The normalized spacial score (nSPS) is 11.5. The second kappa shape index (κ2) is 9.91. The SMILES string of the molecule is CCN(CC)S(=O)(=O)c1ccc(CCNC(=O)c2cc(Cl)ccc2OC)cc1. The maximum Gasteiger partial charge on any atom is 0.255 e. The first-order valence-corrected chi connectivity index (χ1v) is 10.9. The van der Waals surface area contributed by atoms with Crippen molar-refractivity contribution in [1.82, 2.24) is 9.62 Å². The Kier molecular flexibility index (Phi) is 7.86. The van der Waals surface area contributed by atoms with Gasteiger partial charge in [0.05, 0.1) is 17.6 Å². The zero-order valence-corrected chi connectivity index (χ0v) is 17.8. The third-order valence-corrected chi connectivity index (χ3v) is 6.67. The highest BCUT2D eigenvalue weighted by Crippen LogP contribution is 2.22. The van der Waals surface area contributed by atoms with E-state index in [1.807, 2.05) is 13.8 Å². The van der Waals surface area contributed by atoms with Gasteiger partial charge in [0, 0.05) is 24.7 Å². The van der Waals surface area contributed by atoms with Crippen LogP contribution in [0.4, 0.5) is 0 Å². The average Bonchev–Trinajstić information content (AvgIpc) is 2.69. The number of nitrogens with one attached hydrogen (secondary N) is 1. The molecule has 1 amide bonds. The zero-order valence-electron chi connectivity index (χ0n) is 16.2. The molecular formula is C20H25ClN2O4S. The van der Waals surface area contributed by atoms with Crippen molar-refractivity contribution in [1.29, 1.82) is 0 Å². The fourth-order valence-electron chi connectivity index (χ4n) is 2.81. The van der Waals surface area contributed by atoms with Crippen LogP contribution in [0.25, 0.3) is 0 Å². The van der Waals surface area contributed by atoms with Gasteiger partial charge in [0.1, 0.15) is 5.75 Å². The molecule has 1 N–H and O–H groups in total. The lowest BCUT2D eigenvalue weighted by molar-refractivity contribution is 0.0951. The third-order valence-electron chi connectivity index (χ3n) is 4.37. The van der Waals surface area contributed by atoms with Crippen LogP contribution >= 0.6 is 11.6 Å². The molecule has 0 unspecified atom stereocenters. The first-order chi connectivity index (χ1) is 13.3. The van der Waals surface area contributed by atoms with Gasteiger partial charge in [-0.1, -0.05) is 37.6 Å². The van der Waals surface area contributed by atoms with Gasteiger partial charge >= 0.3 is 0 Å². The number of sulfonamides is 1. The molecule has 0 bridgehead atoms. The van der Waals surface area contributed by atoms with Gasteiger partial charge in [-0.25, -0.2) is 8.42 Å². The van der Waals surface area contributed by atoms with Crippen molar-refractivity contribution in [2.45, 2.75) is 25.2 Å². The number of halogens is 1. The van der Waals surface area contributed by atoms with E-state index in [2.05, 4.69) is 5.32 Å². The lowest BCUT2D eigenvalue weighted by Gasteiger charge is -2.18. The summed E-state index contributed by atoms with van der Waals surface area (Å²) in [7, 11) is -1.97. The number of nitrogens with zero attached hydrogens (tertiary/aromatic N) is 1. The van der Waals surface area contributed by atoms with Gasteiger partial charge in [-0.3, -0.25) is 4.79 Å². The molecule has 0 aliphatic heterocycles. The molecule has 0 fully saturated rings. The van der Waals surface area contributed by atoms with Crippen LogP contribution in [-0.2, 0) is 16.4 Å². The Labute approximate surface area is 171 Å². The number of hydrogen-bond acceptors (Lipinski definition) is 4. The van der Waals surface area contributed by atoms with Crippen molar-refractivity contribution in [3.05, 3.63) is 58.6 Å². The van der Waals surface area contributed by atoms with E-state index in [1.165, 1.54) is 11.4 Å². The van der Waals surface area contributed by atoms with E-state index in [9.17, 15) is 13.2 Å². The van der Waals surface area contributed by atoms with Crippen molar-refractivity contribution in [3.8, 4) is 5.75 Å². The van der Waals surface area contributed by atoms with Crippen LogP contribution in [0.3, 0.4) is 0 Å². The van der Waals surface area contributed by atoms with Crippen molar-refractivity contribution in [2.75, 3.05) is 26.7 Å². The number of methoxy groups -OCH3 is 1. The highest BCUT2D eigenvalue weighted by molar-refractivity contribution is 7.89. The lowest BCUT2D eigenvalue weighted by atomic mass is 10.1. The van der Waals surface area contributed by atoms with E-state index in [-0.39, 0.29) is 10.8 Å². The van der Waals surface area contributed by atoms with Crippen LogP contribution in [0.1, 0.15) is 29.8 Å². The topological polar surface area (TPSA) is 75.7 Å². The summed E-state index contributed by atoms with van der Waals surface area (Å²) in [5, 5.41) is 3.28. The van der Waals surface area contributed by atoms with E-state index < -0.39 is 10.0 Å². The third kappa shape index (κ3) is 5.25. The Hall–Kier alpha value is -2.09. The van der Waals surface area contributed by atoms with Crippen LogP contribution in [0.2, 0.25) is 5.02 Å². The van der Waals surface area contributed by atoms with Crippen molar-refractivity contribution >= 4 is 27.5 Å². The Morgan fingerprint density at radius 1 is 1.11 bits per heavy atom. The average molecular weight is 425 g/mol. The fraction of sp³-hybridized carbons (Fsp3) is 0.350. The molecule has 0 aliphatic carbocycles. The molecular weight excluding hydrogens is 400 g/mol. The Morgan fingerprint density at radius 2 is 1.75 bits per heavy atom.